The van der Waals surface area contributed by atoms with E-state index in [9.17, 15) is 0 Å². The minimum Gasteiger partial charge on any atom is -0.383 e. The number of fused-ring (bicyclic) bond motifs is 1. The van der Waals surface area contributed by atoms with Gasteiger partial charge in [-0.25, -0.2) is 4.99 Å². The molecule has 0 saturated carbocycles. The van der Waals surface area contributed by atoms with Crippen LogP contribution in [-0.2, 0) is 6.42 Å². The lowest BCUT2D eigenvalue weighted by Gasteiger charge is -2.33. The summed E-state index contributed by atoms with van der Waals surface area (Å²) < 4.78 is 0. The third-order valence-electron chi connectivity index (χ3n) is 4.77. The van der Waals surface area contributed by atoms with Crippen molar-refractivity contribution in [3.63, 3.8) is 0 Å². The Kier molecular flexibility index (Phi) is 7.14. The van der Waals surface area contributed by atoms with Crippen LogP contribution in [0.25, 0.3) is 0 Å². The highest BCUT2D eigenvalue weighted by Gasteiger charge is 2.27. The quantitative estimate of drug-likeness (QED) is 0.611. The number of piperidine rings is 1. The van der Waals surface area contributed by atoms with Gasteiger partial charge in [-0.05, 0) is 61.5 Å². The molecule has 0 amide bonds. The van der Waals surface area contributed by atoms with Crippen LogP contribution in [0.5, 0.6) is 0 Å². The molecule has 25 heavy (non-hydrogen) atoms. The van der Waals surface area contributed by atoms with Crippen molar-refractivity contribution >= 4 is 53.4 Å². The maximum atomic E-state index is 6.13. The molecule has 136 valence electrons. The summed E-state index contributed by atoms with van der Waals surface area (Å²) in [4.78, 5) is 8.23. The van der Waals surface area contributed by atoms with E-state index in [0.29, 0.717) is 11.9 Å². The summed E-state index contributed by atoms with van der Waals surface area (Å²) in [6.07, 6.45) is 3.60. The molecular weight excluding hydrogens is 375 g/mol. The number of hydrogen-bond donors (Lipinski definition) is 2. The first-order valence-electron chi connectivity index (χ1n) is 8.29. The van der Waals surface area contributed by atoms with Crippen molar-refractivity contribution in [2.45, 2.75) is 25.3 Å². The number of benzene rings is 1. The van der Waals surface area contributed by atoms with Crippen LogP contribution in [0.2, 0.25) is 0 Å². The van der Waals surface area contributed by atoms with Crippen LogP contribution >= 0.6 is 36.2 Å². The van der Waals surface area contributed by atoms with E-state index in [0.717, 1.165) is 36.6 Å². The van der Waals surface area contributed by atoms with Gasteiger partial charge in [0.25, 0.3) is 0 Å². The molecule has 3 heterocycles. The number of aliphatic imine (C=N–C) groups is 1. The minimum atomic E-state index is 0. The highest BCUT2D eigenvalue weighted by molar-refractivity contribution is 7.12. The van der Waals surface area contributed by atoms with Crippen molar-refractivity contribution in [1.82, 2.24) is 5.32 Å². The molecule has 0 radical (unpaired) electrons. The van der Waals surface area contributed by atoms with Crippen molar-refractivity contribution in [2.24, 2.45) is 10.7 Å². The Hall–Kier alpha value is -1.27. The number of nitrogens with one attached hydrogen (secondary N) is 1. The Bertz CT molecular complexity index is 712. The molecule has 4 nitrogen and oxygen atoms in total. The Labute approximate surface area is 165 Å². The third-order valence-corrected chi connectivity index (χ3v) is 5.67. The van der Waals surface area contributed by atoms with E-state index in [-0.39, 0.29) is 24.8 Å². The molecule has 0 bridgehead atoms. The maximum Gasteiger partial charge on any atom is 0.141 e. The summed E-state index contributed by atoms with van der Waals surface area (Å²) in [6.45, 7) is 3.38. The molecule has 4 rings (SSSR count). The Morgan fingerprint density at radius 1 is 1.20 bits per heavy atom. The summed E-state index contributed by atoms with van der Waals surface area (Å²) in [6, 6.07) is 11.2. The van der Waals surface area contributed by atoms with Crippen LogP contribution < -0.4 is 16.0 Å². The van der Waals surface area contributed by atoms with Gasteiger partial charge in [-0.1, -0.05) is 12.1 Å². The van der Waals surface area contributed by atoms with E-state index >= 15 is 0 Å². The van der Waals surface area contributed by atoms with Gasteiger partial charge in [0.1, 0.15) is 5.84 Å². The van der Waals surface area contributed by atoms with Crippen molar-refractivity contribution in [1.29, 1.82) is 0 Å². The van der Waals surface area contributed by atoms with Gasteiger partial charge in [0.2, 0.25) is 0 Å². The molecule has 2 aromatic rings. The number of hydrogen-bond acceptors (Lipinski definition) is 4. The second-order valence-corrected chi connectivity index (χ2v) is 7.16. The summed E-state index contributed by atoms with van der Waals surface area (Å²) >= 11 is 1.63. The summed E-state index contributed by atoms with van der Waals surface area (Å²) in [5.74, 6) is 0.603. The van der Waals surface area contributed by atoms with Crippen LogP contribution in [0.1, 0.15) is 23.3 Å². The van der Waals surface area contributed by atoms with Gasteiger partial charge in [0.15, 0.2) is 0 Å². The normalized spacial score (nSPS) is 17.6. The topological polar surface area (TPSA) is 53.6 Å². The number of anilines is 1. The summed E-state index contributed by atoms with van der Waals surface area (Å²) in [5, 5.41) is 5.48. The molecule has 0 aliphatic carbocycles. The zero-order valence-corrected chi connectivity index (χ0v) is 16.4. The average molecular weight is 399 g/mol. The molecule has 0 spiro atoms. The molecule has 3 N–H and O–H groups in total. The first kappa shape index (κ1) is 20.0. The van der Waals surface area contributed by atoms with Gasteiger partial charge >= 0.3 is 0 Å². The van der Waals surface area contributed by atoms with E-state index in [2.05, 4.69) is 33.4 Å². The molecule has 1 aromatic heterocycles. The van der Waals surface area contributed by atoms with Crippen LogP contribution in [0.15, 0.2) is 40.7 Å². The van der Waals surface area contributed by atoms with E-state index in [1.807, 2.05) is 17.5 Å². The summed E-state index contributed by atoms with van der Waals surface area (Å²) in [7, 11) is 0. The molecule has 2 aliphatic rings. The van der Waals surface area contributed by atoms with Crippen molar-refractivity contribution < 1.29 is 0 Å². The van der Waals surface area contributed by atoms with Crippen LogP contribution in [0, 0.1) is 0 Å². The Balaban J connectivity index is 0.00000113. The number of nitrogens with two attached hydrogens (primary N) is 1. The number of amidine groups is 1. The fourth-order valence-corrected chi connectivity index (χ4v) is 4.21. The first-order chi connectivity index (χ1) is 11.3. The number of rotatable bonds is 3. The standard InChI is InChI=1S/C18H22N4S.2ClH/c19-18(17-2-1-11-23-17)21-14-4-3-13-7-10-22(16(13)12-14)15-5-8-20-9-6-15;;/h1-4,11-12,15,20H,5-10H2,(H2,19,21);2*1H. The zero-order valence-electron chi connectivity index (χ0n) is 14.0. The minimum absolute atomic E-state index is 0. The maximum absolute atomic E-state index is 6.13. The predicted molar refractivity (Wildman–Crippen MR) is 113 cm³/mol. The van der Waals surface area contributed by atoms with E-state index in [4.69, 9.17) is 5.73 Å². The van der Waals surface area contributed by atoms with Crippen LogP contribution in [0.4, 0.5) is 11.4 Å². The van der Waals surface area contributed by atoms with E-state index in [1.165, 1.54) is 24.1 Å². The number of thiophene rings is 1. The average Bonchev–Trinajstić information content (AvgIpc) is 3.25. The second kappa shape index (κ2) is 8.90. The van der Waals surface area contributed by atoms with Crippen LogP contribution in [-0.4, -0.2) is 31.5 Å². The fourth-order valence-electron chi connectivity index (χ4n) is 3.58. The second-order valence-electron chi connectivity index (χ2n) is 6.21. The lowest BCUT2D eigenvalue weighted by Crippen LogP contribution is -2.42. The molecule has 1 saturated heterocycles. The monoisotopic (exact) mass is 398 g/mol. The largest absolute Gasteiger partial charge is 0.383 e. The molecule has 2 aliphatic heterocycles. The fraction of sp³-hybridized carbons (Fsp3) is 0.389. The molecule has 1 aromatic carbocycles. The Morgan fingerprint density at radius 2 is 2.00 bits per heavy atom. The molecule has 0 unspecified atom stereocenters. The van der Waals surface area contributed by atoms with Crippen molar-refractivity contribution in [3.05, 3.63) is 46.2 Å². The molecule has 7 heteroatoms. The Morgan fingerprint density at radius 3 is 2.72 bits per heavy atom. The number of halogens is 2. The summed E-state index contributed by atoms with van der Waals surface area (Å²) in [5.41, 5.74) is 9.89. The van der Waals surface area contributed by atoms with Crippen molar-refractivity contribution in [2.75, 3.05) is 24.5 Å². The molecular formula is C18H24Cl2N4S. The highest BCUT2D eigenvalue weighted by Crippen LogP contribution is 2.35. The van der Waals surface area contributed by atoms with Gasteiger partial charge in [0, 0.05) is 18.3 Å². The SMILES string of the molecule is Cl.Cl.NC(=Nc1ccc2c(c1)N(C1CCNCC1)CC2)c1cccs1. The lowest BCUT2D eigenvalue weighted by molar-refractivity contribution is 0.435. The first-order valence-corrected chi connectivity index (χ1v) is 9.17. The van der Waals surface area contributed by atoms with E-state index < -0.39 is 0 Å². The van der Waals surface area contributed by atoms with Gasteiger partial charge < -0.3 is 16.0 Å². The van der Waals surface area contributed by atoms with Gasteiger partial charge in [-0.15, -0.1) is 36.2 Å². The molecule has 0 atom stereocenters. The highest BCUT2D eigenvalue weighted by atomic mass is 35.5. The molecule has 1 fully saturated rings. The van der Waals surface area contributed by atoms with Crippen LogP contribution in [0.3, 0.4) is 0 Å². The zero-order chi connectivity index (χ0) is 15.6. The third kappa shape index (κ3) is 4.29. The van der Waals surface area contributed by atoms with Gasteiger partial charge in [-0.2, -0.15) is 0 Å². The van der Waals surface area contributed by atoms with Crippen molar-refractivity contribution in [3.8, 4) is 0 Å². The number of nitrogens with zero attached hydrogens (tertiary/aromatic N) is 2. The smallest absolute Gasteiger partial charge is 0.141 e. The lowest BCUT2D eigenvalue weighted by atomic mass is 10.0. The predicted octanol–water partition coefficient (Wildman–Crippen LogP) is 3.74. The van der Waals surface area contributed by atoms with Gasteiger partial charge in [-0.3, -0.25) is 0 Å². The van der Waals surface area contributed by atoms with Gasteiger partial charge in [0.05, 0.1) is 10.6 Å². The van der Waals surface area contributed by atoms with E-state index in [1.54, 1.807) is 11.3 Å².